The summed E-state index contributed by atoms with van der Waals surface area (Å²) in [6.45, 7) is 5.74. The Kier molecular flexibility index (Phi) is 3.05. The predicted octanol–water partition coefficient (Wildman–Crippen LogP) is 0.971. The molecular formula is C11H15N5O2. The van der Waals surface area contributed by atoms with Gasteiger partial charge >= 0.3 is 5.97 Å². The highest BCUT2D eigenvalue weighted by atomic mass is 16.5. The molecule has 3 N–H and O–H groups in total. The van der Waals surface area contributed by atoms with E-state index in [0.717, 1.165) is 17.1 Å². The first-order chi connectivity index (χ1) is 8.56. The number of nitrogens with one attached hydrogen (secondary N) is 1. The monoisotopic (exact) mass is 249 g/mol. The number of carbonyl (C=O) groups excluding carboxylic acids is 1. The lowest BCUT2D eigenvalue weighted by molar-refractivity contribution is 0.0521. The van der Waals surface area contributed by atoms with Gasteiger partial charge in [-0.2, -0.15) is 5.10 Å². The van der Waals surface area contributed by atoms with E-state index < -0.39 is 5.97 Å². The molecule has 0 amide bonds. The van der Waals surface area contributed by atoms with Crippen molar-refractivity contribution in [3.8, 4) is 5.69 Å². The van der Waals surface area contributed by atoms with Gasteiger partial charge in [-0.25, -0.2) is 9.78 Å². The fraction of sp³-hybridized carbons (Fsp3) is 0.364. The highest BCUT2D eigenvalue weighted by Gasteiger charge is 2.20. The molecule has 7 nitrogen and oxygen atoms in total. The summed E-state index contributed by atoms with van der Waals surface area (Å²) in [6.07, 6.45) is 1.49. The summed E-state index contributed by atoms with van der Waals surface area (Å²) in [5.74, 6) is -0.270. The third-order valence-electron chi connectivity index (χ3n) is 2.60. The number of nitrogens with zero attached hydrogens (tertiary/aromatic N) is 3. The van der Waals surface area contributed by atoms with Crippen molar-refractivity contribution in [2.24, 2.45) is 0 Å². The van der Waals surface area contributed by atoms with Crippen LogP contribution in [-0.4, -0.2) is 32.3 Å². The van der Waals surface area contributed by atoms with Gasteiger partial charge in [-0.15, -0.1) is 0 Å². The molecule has 0 aliphatic rings. The molecule has 0 spiro atoms. The first-order valence-electron chi connectivity index (χ1n) is 5.58. The van der Waals surface area contributed by atoms with Crippen molar-refractivity contribution in [1.29, 1.82) is 0 Å². The molecule has 7 heteroatoms. The molecular weight excluding hydrogens is 234 g/mol. The number of aryl methyl sites for hydroxylation is 2. The number of esters is 1. The Hall–Kier alpha value is -2.31. The van der Waals surface area contributed by atoms with Crippen molar-refractivity contribution in [3.05, 3.63) is 23.4 Å². The molecule has 2 rings (SSSR count). The van der Waals surface area contributed by atoms with Crippen molar-refractivity contribution in [2.45, 2.75) is 20.8 Å². The number of nitrogen functional groups attached to an aromatic ring is 1. The number of hydrogen-bond acceptors (Lipinski definition) is 5. The van der Waals surface area contributed by atoms with Crippen LogP contribution in [0.1, 0.15) is 28.8 Å². The van der Waals surface area contributed by atoms with Crippen LogP contribution in [0.3, 0.4) is 0 Å². The average molecular weight is 249 g/mol. The SMILES string of the molecule is CCOC(=O)c1ncn(-c2c(C)n[nH]c2C)c1N. The third-order valence-corrected chi connectivity index (χ3v) is 2.60. The Bertz CT molecular complexity index is 565. The molecule has 0 aliphatic carbocycles. The van der Waals surface area contributed by atoms with E-state index >= 15 is 0 Å². The second kappa shape index (κ2) is 4.52. The van der Waals surface area contributed by atoms with Gasteiger partial charge in [-0.3, -0.25) is 9.67 Å². The van der Waals surface area contributed by atoms with Crippen molar-refractivity contribution >= 4 is 11.8 Å². The van der Waals surface area contributed by atoms with Crippen LogP contribution in [0.15, 0.2) is 6.33 Å². The largest absolute Gasteiger partial charge is 0.461 e. The maximum atomic E-state index is 11.6. The van der Waals surface area contributed by atoms with Crippen LogP contribution in [0, 0.1) is 13.8 Å². The number of imidazole rings is 1. The van der Waals surface area contributed by atoms with E-state index in [1.54, 1.807) is 11.5 Å². The molecule has 96 valence electrons. The van der Waals surface area contributed by atoms with Crippen molar-refractivity contribution in [3.63, 3.8) is 0 Å². The second-order valence-electron chi connectivity index (χ2n) is 3.85. The number of carbonyl (C=O) groups is 1. The lowest BCUT2D eigenvalue weighted by Gasteiger charge is -2.05. The lowest BCUT2D eigenvalue weighted by Crippen LogP contribution is -2.09. The van der Waals surface area contributed by atoms with E-state index in [1.807, 2.05) is 13.8 Å². The number of anilines is 1. The van der Waals surface area contributed by atoms with E-state index in [4.69, 9.17) is 10.5 Å². The fourth-order valence-corrected chi connectivity index (χ4v) is 1.79. The molecule has 0 saturated heterocycles. The van der Waals surface area contributed by atoms with E-state index in [-0.39, 0.29) is 18.1 Å². The first kappa shape index (κ1) is 12.2. The third kappa shape index (κ3) is 1.83. The summed E-state index contributed by atoms with van der Waals surface area (Å²) in [7, 11) is 0. The second-order valence-corrected chi connectivity index (χ2v) is 3.85. The highest BCUT2D eigenvalue weighted by Crippen LogP contribution is 2.22. The maximum Gasteiger partial charge on any atom is 0.360 e. The number of nitrogens with two attached hydrogens (primary N) is 1. The summed E-state index contributed by atoms with van der Waals surface area (Å²) in [4.78, 5) is 15.6. The number of hydrogen-bond donors (Lipinski definition) is 2. The predicted molar refractivity (Wildman–Crippen MR) is 65.6 cm³/mol. The normalized spacial score (nSPS) is 10.6. The minimum atomic E-state index is -0.521. The van der Waals surface area contributed by atoms with Gasteiger partial charge in [0.05, 0.1) is 23.7 Å². The number of aromatic amines is 1. The molecule has 0 saturated carbocycles. The van der Waals surface area contributed by atoms with Gasteiger partial charge in [-0.1, -0.05) is 0 Å². The first-order valence-corrected chi connectivity index (χ1v) is 5.58. The lowest BCUT2D eigenvalue weighted by atomic mass is 10.3. The van der Waals surface area contributed by atoms with Crippen molar-refractivity contribution in [2.75, 3.05) is 12.3 Å². The van der Waals surface area contributed by atoms with Crippen LogP contribution in [-0.2, 0) is 4.74 Å². The zero-order chi connectivity index (χ0) is 13.3. The van der Waals surface area contributed by atoms with Crippen LogP contribution in [0.25, 0.3) is 5.69 Å². The molecule has 18 heavy (non-hydrogen) atoms. The molecule has 0 radical (unpaired) electrons. The Balaban J connectivity index is 2.46. The van der Waals surface area contributed by atoms with Crippen LogP contribution >= 0.6 is 0 Å². The van der Waals surface area contributed by atoms with Gasteiger partial charge in [0.2, 0.25) is 0 Å². The Morgan fingerprint density at radius 1 is 1.56 bits per heavy atom. The van der Waals surface area contributed by atoms with Gasteiger partial charge in [0.25, 0.3) is 0 Å². The van der Waals surface area contributed by atoms with Crippen LogP contribution in [0.5, 0.6) is 0 Å². The molecule has 0 unspecified atom stereocenters. The molecule has 0 aliphatic heterocycles. The number of ether oxygens (including phenoxy) is 1. The van der Waals surface area contributed by atoms with Gasteiger partial charge in [0.15, 0.2) is 5.69 Å². The molecule has 0 aromatic carbocycles. The standard InChI is InChI=1S/C11H15N5O2/c1-4-18-11(17)8-10(12)16(5-13-8)9-6(2)14-15-7(9)3/h5H,4,12H2,1-3H3,(H,14,15). The summed E-state index contributed by atoms with van der Waals surface area (Å²) < 4.78 is 6.51. The van der Waals surface area contributed by atoms with Crippen LogP contribution < -0.4 is 5.73 Å². The zero-order valence-corrected chi connectivity index (χ0v) is 10.5. The fourth-order valence-electron chi connectivity index (χ4n) is 1.79. The smallest absolute Gasteiger partial charge is 0.360 e. The van der Waals surface area contributed by atoms with Gasteiger partial charge < -0.3 is 10.5 Å². The highest BCUT2D eigenvalue weighted by molar-refractivity contribution is 5.92. The molecule has 0 fully saturated rings. The Labute approximate surface area is 104 Å². The minimum Gasteiger partial charge on any atom is -0.461 e. The number of aromatic nitrogens is 4. The van der Waals surface area contributed by atoms with Gasteiger partial charge in [0, 0.05) is 0 Å². The Morgan fingerprint density at radius 2 is 2.28 bits per heavy atom. The molecule has 2 heterocycles. The summed E-state index contributed by atoms with van der Waals surface area (Å²) in [5.41, 5.74) is 8.48. The number of H-pyrrole nitrogens is 1. The summed E-state index contributed by atoms with van der Waals surface area (Å²) in [6, 6.07) is 0. The molecule has 2 aromatic rings. The van der Waals surface area contributed by atoms with Crippen LogP contribution in [0.2, 0.25) is 0 Å². The van der Waals surface area contributed by atoms with Crippen molar-refractivity contribution in [1.82, 2.24) is 19.7 Å². The molecule has 0 atom stereocenters. The van der Waals surface area contributed by atoms with Gasteiger partial charge in [0.1, 0.15) is 12.1 Å². The van der Waals surface area contributed by atoms with E-state index in [9.17, 15) is 4.79 Å². The zero-order valence-electron chi connectivity index (χ0n) is 10.5. The van der Waals surface area contributed by atoms with E-state index in [0.29, 0.717) is 0 Å². The Morgan fingerprint density at radius 3 is 2.83 bits per heavy atom. The number of rotatable bonds is 3. The average Bonchev–Trinajstić information content (AvgIpc) is 2.84. The summed E-state index contributed by atoms with van der Waals surface area (Å²) in [5, 5.41) is 6.93. The quantitative estimate of drug-likeness (QED) is 0.790. The van der Waals surface area contributed by atoms with Crippen molar-refractivity contribution < 1.29 is 9.53 Å². The minimum absolute atomic E-state index is 0.122. The van der Waals surface area contributed by atoms with E-state index in [2.05, 4.69) is 15.2 Å². The van der Waals surface area contributed by atoms with E-state index in [1.165, 1.54) is 6.33 Å². The maximum absolute atomic E-state index is 11.6. The molecule has 0 bridgehead atoms. The van der Waals surface area contributed by atoms with Gasteiger partial charge in [-0.05, 0) is 20.8 Å². The summed E-state index contributed by atoms with van der Waals surface area (Å²) >= 11 is 0. The topological polar surface area (TPSA) is 98.8 Å². The van der Waals surface area contributed by atoms with Crippen LogP contribution in [0.4, 0.5) is 5.82 Å². The molecule has 2 aromatic heterocycles.